The summed E-state index contributed by atoms with van der Waals surface area (Å²) in [7, 11) is 0. The van der Waals surface area contributed by atoms with Crippen LogP contribution in [0.25, 0.3) is 11.1 Å². The van der Waals surface area contributed by atoms with E-state index in [0.29, 0.717) is 0 Å². The summed E-state index contributed by atoms with van der Waals surface area (Å²) in [6, 6.07) is 10.5. The zero-order valence-electron chi connectivity index (χ0n) is 10.5. The van der Waals surface area contributed by atoms with Crippen molar-refractivity contribution >= 4 is 0 Å². The Kier molecular flexibility index (Phi) is 4.43. The summed E-state index contributed by atoms with van der Waals surface area (Å²) in [5.74, 6) is 0. The highest BCUT2D eigenvalue weighted by molar-refractivity contribution is 5.65. The Morgan fingerprint density at radius 1 is 0.941 bits per heavy atom. The molecule has 0 aliphatic rings. The summed E-state index contributed by atoms with van der Waals surface area (Å²) >= 11 is 0. The number of rotatable bonds is 6. The topological polar surface area (TPSA) is 13.1 Å². The van der Waals surface area contributed by atoms with E-state index in [0.717, 1.165) is 6.42 Å². The Morgan fingerprint density at radius 3 is 2.53 bits per heavy atom. The summed E-state index contributed by atoms with van der Waals surface area (Å²) in [4.78, 5) is 0. The monoisotopic (exact) mass is 228 g/mol. The van der Waals surface area contributed by atoms with Gasteiger partial charge < -0.3 is 4.42 Å². The van der Waals surface area contributed by atoms with Gasteiger partial charge in [0.1, 0.15) is 0 Å². The van der Waals surface area contributed by atoms with Gasteiger partial charge in [-0.25, -0.2) is 0 Å². The molecule has 0 aliphatic heterocycles. The standard InChI is InChI=1S/C16H20O/c1-2-3-4-6-11-15-12-17-13-16(15)14-9-7-5-8-10-14/h5,7-10,12-13H,2-4,6,11H2,1H3. The van der Waals surface area contributed by atoms with Crippen LogP contribution in [0, 0.1) is 0 Å². The van der Waals surface area contributed by atoms with E-state index >= 15 is 0 Å². The maximum absolute atomic E-state index is 5.36. The highest BCUT2D eigenvalue weighted by Crippen LogP contribution is 2.26. The van der Waals surface area contributed by atoms with Crippen LogP contribution in [0.5, 0.6) is 0 Å². The number of hydrogen-bond acceptors (Lipinski definition) is 1. The molecule has 1 aromatic carbocycles. The molecule has 1 nitrogen and oxygen atoms in total. The summed E-state index contributed by atoms with van der Waals surface area (Å²) in [6.07, 6.45) is 10.1. The van der Waals surface area contributed by atoms with E-state index in [-0.39, 0.29) is 0 Å². The fourth-order valence-corrected chi connectivity index (χ4v) is 2.13. The first kappa shape index (κ1) is 12.0. The average molecular weight is 228 g/mol. The Labute approximate surface area is 103 Å². The molecule has 0 bridgehead atoms. The van der Waals surface area contributed by atoms with Crippen LogP contribution >= 0.6 is 0 Å². The maximum Gasteiger partial charge on any atom is 0.0983 e. The first-order valence-corrected chi connectivity index (χ1v) is 6.52. The average Bonchev–Trinajstić information content (AvgIpc) is 2.84. The molecule has 0 saturated carbocycles. The predicted octanol–water partition coefficient (Wildman–Crippen LogP) is 5.07. The fourth-order valence-electron chi connectivity index (χ4n) is 2.13. The highest BCUT2D eigenvalue weighted by Gasteiger charge is 2.06. The van der Waals surface area contributed by atoms with Gasteiger partial charge in [0.2, 0.25) is 0 Å². The second-order valence-electron chi connectivity index (χ2n) is 4.49. The lowest BCUT2D eigenvalue weighted by molar-refractivity contribution is 0.562. The second kappa shape index (κ2) is 6.29. The van der Waals surface area contributed by atoms with Crippen molar-refractivity contribution in [3.8, 4) is 11.1 Å². The van der Waals surface area contributed by atoms with Gasteiger partial charge in [-0.05, 0) is 24.0 Å². The van der Waals surface area contributed by atoms with Crippen LogP contribution in [0.3, 0.4) is 0 Å². The Balaban J connectivity index is 2.02. The molecule has 1 heteroatoms. The SMILES string of the molecule is CCCCCCc1cocc1-c1ccccc1. The number of furan rings is 1. The van der Waals surface area contributed by atoms with Gasteiger partial charge in [-0.2, -0.15) is 0 Å². The largest absolute Gasteiger partial charge is 0.472 e. The van der Waals surface area contributed by atoms with Gasteiger partial charge in [0, 0.05) is 5.56 Å². The van der Waals surface area contributed by atoms with Crippen LogP contribution in [-0.2, 0) is 6.42 Å². The van der Waals surface area contributed by atoms with Gasteiger partial charge in [-0.1, -0.05) is 56.5 Å². The molecule has 1 aromatic heterocycles. The Bertz CT molecular complexity index is 428. The Hall–Kier alpha value is -1.50. The van der Waals surface area contributed by atoms with Gasteiger partial charge in [-0.15, -0.1) is 0 Å². The molecule has 0 aliphatic carbocycles. The molecular formula is C16H20O. The molecule has 2 aromatic rings. The Morgan fingerprint density at radius 2 is 1.76 bits per heavy atom. The molecule has 17 heavy (non-hydrogen) atoms. The van der Waals surface area contributed by atoms with Crippen molar-refractivity contribution in [2.75, 3.05) is 0 Å². The first-order valence-electron chi connectivity index (χ1n) is 6.52. The van der Waals surface area contributed by atoms with Crippen molar-refractivity contribution in [1.82, 2.24) is 0 Å². The third-order valence-electron chi connectivity index (χ3n) is 3.13. The van der Waals surface area contributed by atoms with E-state index in [9.17, 15) is 0 Å². The molecule has 0 saturated heterocycles. The lowest BCUT2D eigenvalue weighted by Gasteiger charge is -2.02. The molecule has 0 unspecified atom stereocenters. The molecule has 0 fully saturated rings. The minimum absolute atomic E-state index is 1.13. The molecule has 0 spiro atoms. The highest BCUT2D eigenvalue weighted by atomic mass is 16.3. The van der Waals surface area contributed by atoms with Crippen molar-refractivity contribution in [3.05, 3.63) is 48.4 Å². The third kappa shape index (κ3) is 3.23. The van der Waals surface area contributed by atoms with Crippen LogP contribution in [-0.4, -0.2) is 0 Å². The minimum atomic E-state index is 1.13. The summed E-state index contributed by atoms with van der Waals surface area (Å²) < 4.78 is 5.36. The fraction of sp³-hybridized carbons (Fsp3) is 0.375. The van der Waals surface area contributed by atoms with Crippen molar-refractivity contribution in [1.29, 1.82) is 0 Å². The van der Waals surface area contributed by atoms with Gasteiger partial charge in [-0.3, -0.25) is 0 Å². The molecule has 0 N–H and O–H groups in total. The summed E-state index contributed by atoms with van der Waals surface area (Å²) in [6.45, 7) is 2.24. The first-order chi connectivity index (χ1) is 8.42. The molecule has 1 heterocycles. The van der Waals surface area contributed by atoms with Crippen LogP contribution in [0.4, 0.5) is 0 Å². The third-order valence-corrected chi connectivity index (χ3v) is 3.13. The van der Waals surface area contributed by atoms with Gasteiger partial charge in [0.05, 0.1) is 12.5 Å². The van der Waals surface area contributed by atoms with Crippen molar-refractivity contribution in [2.24, 2.45) is 0 Å². The molecule has 2 rings (SSSR count). The van der Waals surface area contributed by atoms with Crippen LogP contribution in [0.15, 0.2) is 47.3 Å². The van der Waals surface area contributed by atoms with E-state index in [4.69, 9.17) is 4.42 Å². The predicted molar refractivity (Wildman–Crippen MR) is 72.0 cm³/mol. The normalized spacial score (nSPS) is 10.6. The van der Waals surface area contributed by atoms with Crippen LogP contribution in [0.2, 0.25) is 0 Å². The quantitative estimate of drug-likeness (QED) is 0.629. The van der Waals surface area contributed by atoms with E-state index in [2.05, 4.69) is 31.2 Å². The van der Waals surface area contributed by atoms with Crippen molar-refractivity contribution < 1.29 is 4.42 Å². The lowest BCUT2D eigenvalue weighted by atomic mass is 10.0. The lowest BCUT2D eigenvalue weighted by Crippen LogP contribution is -1.86. The smallest absolute Gasteiger partial charge is 0.0983 e. The maximum atomic E-state index is 5.36. The number of aryl methyl sites for hydroxylation is 1. The summed E-state index contributed by atoms with van der Waals surface area (Å²) in [5, 5.41) is 0. The van der Waals surface area contributed by atoms with E-state index in [1.165, 1.54) is 42.4 Å². The number of hydrogen-bond donors (Lipinski definition) is 0. The minimum Gasteiger partial charge on any atom is -0.472 e. The molecule has 0 radical (unpaired) electrons. The number of unbranched alkanes of at least 4 members (excludes halogenated alkanes) is 3. The molecule has 0 amide bonds. The zero-order chi connectivity index (χ0) is 11.9. The van der Waals surface area contributed by atoms with E-state index < -0.39 is 0 Å². The van der Waals surface area contributed by atoms with Crippen molar-refractivity contribution in [2.45, 2.75) is 39.0 Å². The van der Waals surface area contributed by atoms with Crippen LogP contribution < -0.4 is 0 Å². The van der Waals surface area contributed by atoms with Crippen molar-refractivity contribution in [3.63, 3.8) is 0 Å². The number of benzene rings is 1. The second-order valence-corrected chi connectivity index (χ2v) is 4.49. The van der Waals surface area contributed by atoms with Gasteiger partial charge in [0.15, 0.2) is 0 Å². The van der Waals surface area contributed by atoms with E-state index in [1.54, 1.807) is 0 Å². The van der Waals surface area contributed by atoms with Gasteiger partial charge >= 0.3 is 0 Å². The molecular weight excluding hydrogens is 208 g/mol. The summed E-state index contributed by atoms with van der Waals surface area (Å²) in [5.41, 5.74) is 3.85. The molecule has 90 valence electrons. The van der Waals surface area contributed by atoms with E-state index in [1.807, 2.05) is 18.6 Å². The molecule has 0 atom stereocenters. The van der Waals surface area contributed by atoms with Crippen LogP contribution in [0.1, 0.15) is 38.2 Å². The zero-order valence-corrected chi connectivity index (χ0v) is 10.5. The van der Waals surface area contributed by atoms with Gasteiger partial charge in [0.25, 0.3) is 0 Å².